The van der Waals surface area contributed by atoms with Crippen LogP contribution in [0.1, 0.15) is 55.6 Å². The Morgan fingerprint density at radius 3 is 2.38 bits per heavy atom. The highest BCUT2D eigenvalue weighted by atomic mass is 35.5. The van der Waals surface area contributed by atoms with Crippen LogP contribution < -0.4 is 10.1 Å². The van der Waals surface area contributed by atoms with Crippen molar-refractivity contribution in [3.8, 4) is 17.0 Å². The second kappa shape index (κ2) is 13.5. The van der Waals surface area contributed by atoms with Crippen molar-refractivity contribution in [2.45, 2.75) is 70.5 Å². The molecule has 42 heavy (non-hydrogen) atoms. The van der Waals surface area contributed by atoms with Crippen molar-refractivity contribution in [2.24, 2.45) is 11.3 Å². The van der Waals surface area contributed by atoms with E-state index < -0.39 is 51.4 Å². The van der Waals surface area contributed by atoms with Crippen molar-refractivity contribution in [1.82, 2.24) is 15.1 Å². The van der Waals surface area contributed by atoms with E-state index in [0.29, 0.717) is 25.7 Å². The number of benzene rings is 1. The average Bonchev–Trinajstić information content (AvgIpc) is 3.20. The quantitative estimate of drug-likeness (QED) is 0.289. The number of sulfone groups is 1. The Kier molecular flexibility index (Phi) is 10.9. The molecule has 0 unspecified atom stereocenters. The first-order chi connectivity index (χ1) is 19.4. The average molecular weight is 644 g/mol. The number of carbonyl (C=O) groups is 1. The van der Waals surface area contributed by atoms with Gasteiger partial charge in [0.2, 0.25) is 0 Å². The third-order valence-electron chi connectivity index (χ3n) is 7.50. The molecule has 1 aliphatic rings. The number of halogens is 6. The zero-order valence-electron chi connectivity index (χ0n) is 23.7. The Hall–Kier alpha value is -2.45. The van der Waals surface area contributed by atoms with Gasteiger partial charge in [-0.15, -0.1) is 0 Å². The summed E-state index contributed by atoms with van der Waals surface area (Å²) in [6.07, 6.45) is -1.58. The van der Waals surface area contributed by atoms with E-state index in [0.717, 1.165) is 19.9 Å². The second-order valence-electron chi connectivity index (χ2n) is 11.2. The van der Waals surface area contributed by atoms with Gasteiger partial charge in [0.05, 0.1) is 34.5 Å². The zero-order valence-corrected chi connectivity index (χ0v) is 25.3. The summed E-state index contributed by atoms with van der Waals surface area (Å²) in [7, 11) is -1.70. The van der Waals surface area contributed by atoms with E-state index in [9.17, 15) is 35.2 Å². The normalized spacial score (nSPS) is 18.4. The van der Waals surface area contributed by atoms with E-state index in [1.807, 2.05) is 0 Å². The van der Waals surface area contributed by atoms with E-state index >= 15 is 0 Å². The van der Waals surface area contributed by atoms with Crippen LogP contribution in [0.4, 0.5) is 22.0 Å². The molecular weight excluding hydrogens is 609 g/mol. The highest BCUT2D eigenvalue weighted by molar-refractivity contribution is 7.91. The molecule has 0 aliphatic heterocycles. The molecule has 8 nitrogen and oxygen atoms in total. The fourth-order valence-electron chi connectivity index (χ4n) is 4.94. The molecule has 1 saturated carbocycles. The molecule has 0 radical (unpaired) electrons. The van der Waals surface area contributed by atoms with Crippen molar-refractivity contribution in [2.75, 3.05) is 26.5 Å². The van der Waals surface area contributed by atoms with Crippen LogP contribution in [0.15, 0.2) is 18.2 Å². The van der Waals surface area contributed by atoms with E-state index in [1.54, 1.807) is 0 Å². The molecule has 1 amide bonds. The van der Waals surface area contributed by atoms with Gasteiger partial charge in [0.25, 0.3) is 5.91 Å². The summed E-state index contributed by atoms with van der Waals surface area (Å²) < 4.78 is 102. The SMILES string of the molecule is COCCn1nc(C(=O)NC[C@H]2CC[C@H](S(C)(=O)=O)CC2)c(Cl)c1-c1ccc(CC(C)(C)C(F)(F)F)cc1OC(F)F. The van der Waals surface area contributed by atoms with Crippen molar-refractivity contribution in [3.05, 3.63) is 34.5 Å². The molecule has 1 aliphatic carbocycles. The zero-order chi connectivity index (χ0) is 31.5. The fraction of sp³-hybridized carbons (Fsp3) is 0.630. The number of rotatable bonds is 12. The number of nitrogens with zero attached hydrogens (tertiary/aromatic N) is 2. The Labute approximate surface area is 246 Å². The van der Waals surface area contributed by atoms with E-state index in [1.165, 1.54) is 30.2 Å². The summed E-state index contributed by atoms with van der Waals surface area (Å²) in [5, 5.41) is 6.50. The Morgan fingerprint density at radius 2 is 1.83 bits per heavy atom. The van der Waals surface area contributed by atoms with Crippen LogP contribution in [0.3, 0.4) is 0 Å². The minimum Gasteiger partial charge on any atom is -0.434 e. The molecule has 15 heteroatoms. The van der Waals surface area contributed by atoms with Crippen molar-refractivity contribution >= 4 is 27.3 Å². The number of hydrogen-bond donors (Lipinski definition) is 1. The maximum Gasteiger partial charge on any atom is 0.394 e. The lowest BCUT2D eigenvalue weighted by Crippen LogP contribution is -2.34. The lowest BCUT2D eigenvalue weighted by molar-refractivity contribution is -0.211. The first kappa shape index (κ1) is 34.0. The molecule has 1 N–H and O–H groups in total. The molecule has 1 aromatic carbocycles. The molecule has 1 heterocycles. The number of methoxy groups -OCH3 is 1. The highest BCUT2D eigenvalue weighted by Gasteiger charge is 2.47. The first-order valence-electron chi connectivity index (χ1n) is 13.3. The van der Waals surface area contributed by atoms with Gasteiger partial charge in [0.1, 0.15) is 15.6 Å². The number of nitrogens with one attached hydrogen (secondary N) is 1. The van der Waals surface area contributed by atoms with Crippen molar-refractivity contribution in [3.63, 3.8) is 0 Å². The van der Waals surface area contributed by atoms with Crippen LogP contribution in [0.5, 0.6) is 5.75 Å². The Bertz CT molecular complexity index is 1360. The number of hydrogen-bond acceptors (Lipinski definition) is 6. The van der Waals surface area contributed by atoms with E-state index in [2.05, 4.69) is 10.4 Å². The predicted octanol–water partition coefficient (Wildman–Crippen LogP) is 5.92. The molecule has 2 aromatic rings. The molecule has 1 aromatic heterocycles. The molecule has 0 atom stereocenters. The number of aromatic nitrogens is 2. The largest absolute Gasteiger partial charge is 0.434 e. The second-order valence-corrected chi connectivity index (χ2v) is 13.9. The van der Waals surface area contributed by atoms with Crippen molar-refractivity contribution < 1.29 is 44.6 Å². The van der Waals surface area contributed by atoms with Crippen LogP contribution in [-0.2, 0) is 27.5 Å². The topological polar surface area (TPSA) is 99.5 Å². The number of carbonyl (C=O) groups excluding carboxylic acids is 1. The van der Waals surface area contributed by atoms with Gasteiger partial charge in [0.15, 0.2) is 5.69 Å². The van der Waals surface area contributed by atoms with Gasteiger partial charge >= 0.3 is 12.8 Å². The van der Waals surface area contributed by atoms with Crippen LogP contribution in [0, 0.1) is 11.3 Å². The third kappa shape index (κ3) is 8.34. The van der Waals surface area contributed by atoms with Gasteiger partial charge < -0.3 is 14.8 Å². The molecular formula is C27H35ClF5N3O5S. The minimum absolute atomic E-state index is 0.00983. The maximum atomic E-state index is 13.5. The lowest BCUT2D eigenvalue weighted by atomic mass is 9.84. The molecule has 1 fully saturated rings. The lowest BCUT2D eigenvalue weighted by Gasteiger charge is -2.28. The third-order valence-corrected chi connectivity index (χ3v) is 9.54. The molecule has 236 valence electrons. The van der Waals surface area contributed by atoms with Gasteiger partial charge in [0, 0.05) is 25.5 Å². The molecule has 0 saturated heterocycles. The smallest absolute Gasteiger partial charge is 0.394 e. The van der Waals surface area contributed by atoms with Gasteiger partial charge in [-0.05, 0) is 55.7 Å². The van der Waals surface area contributed by atoms with Gasteiger partial charge in [-0.3, -0.25) is 9.48 Å². The molecule has 0 bridgehead atoms. The molecule has 0 spiro atoms. The van der Waals surface area contributed by atoms with Gasteiger partial charge in [-0.1, -0.05) is 31.5 Å². The maximum absolute atomic E-state index is 13.5. The minimum atomic E-state index is -4.53. The summed E-state index contributed by atoms with van der Waals surface area (Å²) in [6.45, 7) is -0.815. The summed E-state index contributed by atoms with van der Waals surface area (Å²) in [5.41, 5.74) is -2.14. The molecule has 3 rings (SSSR count). The first-order valence-corrected chi connectivity index (χ1v) is 15.6. The number of ether oxygens (including phenoxy) is 2. The standard InChI is InChI=1S/C27H35ClF5N3O5S/c1-26(2,27(31,32)33)14-17-7-10-19(20(13-17)41-25(29)30)23-21(28)22(35-36(23)11-12-40-3)24(37)34-15-16-5-8-18(9-6-16)42(4,38)39/h7,10,13,16,18,25H,5-6,8-9,11-12,14-15H2,1-4H3,(H,34,37)/t16-,18-. The van der Waals surface area contributed by atoms with Gasteiger partial charge in [-0.25, -0.2) is 8.42 Å². The van der Waals surface area contributed by atoms with Crippen LogP contribution in [0.25, 0.3) is 11.3 Å². The highest BCUT2D eigenvalue weighted by Crippen LogP contribution is 2.43. The number of alkyl halides is 5. The van der Waals surface area contributed by atoms with E-state index in [-0.39, 0.29) is 53.2 Å². The fourth-order valence-corrected chi connectivity index (χ4v) is 6.39. The monoisotopic (exact) mass is 643 g/mol. The predicted molar refractivity (Wildman–Crippen MR) is 148 cm³/mol. The number of amides is 1. The van der Waals surface area contributed by atoms with Crippen LogP contribution in [0.2, 0.25) is 5.02 Å². The summed E-state index contributed by atoms with van der Waals surface area (Å²) in [5.74, 6) is -0.988. The van der Waals surface area contributed by atoms with Crippen LogP contribution in [-0.4, -0.2) is 68.7 Å². The van der Waals surface area contributed by atoms with Crippen LogP contribution >= 0.6 is 11.6 Å². The summed E-state index contributed by atoms with van der Waals surface area (Å²) in [4.78, 5) is 13.1. The summed E-state index contributed by atoms with van der Waals surface area (Å²) >= 11 is 6.60. The Balaban J connectivity index is 1.91. The van der Waals surface area contributed by atoms with Crippen molar-refractivity contribution in [1.29, 1.82) is 0 Å². The van der Waals surface area contributed by atoms with E-state index in [4.69, 9.17) is 21.1 Å². The summed E-state index contributed by atoms with van der Waals surface area (Å²) in [6, 6.07) is 3.77. The van der Waals surface area contributed by atoms with Gasteiger partial charge in [-0.2, -0.15) is 27.1 Å². The Morgan fingerprint density at radius 1 is 1.19 bits per heavy atom.